The zero-order chi connectivity index (χ0) is 16.6. The molecule has 0 atom stereocenters. The van der Waals surface area contributed by atoms with Crippen LogP contribution in [0.5, 0.6) is 0 Å². The van der Waals surface area contributed by atoms with Crippen LogP contribution in [-0.2, 0) is 19.5 Å². The first-order valence-electron chi connectivity index (χ1n) is 6.78. The van der Waals surface area contributed by atoms with Crippen LogP contribution in [-0.4, -0.2) is 46.3 Å². The number of rotatable bonds is 10. The first kappa shape index (κ1) is 18.5. The van der Waals surface area contributed by atoms with Crippen molar-refractivity contribution in [2.45, 2.75) is 18.7 Å². The second kappa shape index (κ2) is 8.79. The Morgan fingerprint density at radius 1 is 1.23 bits per heavy atom. The van der Waals surface area contributed by atoms with E-state index in [-0.39, 0.29) is 18.0 Å². The van der Waals surface area contributed by atoms with E-state index in [2.05, 4.69) is 4.72 Å². The molecule has 0 amide bonds. The number of hydrogen-bond donors (Lipinski definition) is 1. The van der Waals surface area contributed by atoms with Crippen LogP contribution in [0.3, 0.4) is 0 Å². The van der Waals surface area contributed by atoms with Crippen molar-refractivity contribution in [1.29, 1.82) is 0 Å². The fourth-order valence-corrected chi connectivity index (χ4v) is 2.85. The van der Waals surface area contributed by atoms with Gasteiger partial charge in [-0.15, -0.1) is 0 Å². The van der Waals surface area contributed by atoms with Crippen molar-refractivity contribution in [1.82, 2.24) is 4.72 Å². The van der Waals surface area contributed by atoms with Gasteiger partial charge in [0.05, 0.1) is 24.7 Å². The highest BCUT2D eigenvalue weighted by atomic mass is 32.2. The van der Waals surface area contributed by atoms with Gasteiger partial charge in [0.25, 0.3) is 5.69 Å². The summed E-state index contributed by atoms with van der Waals surface area (Å²) in [4.78, 5) is 9.91. The fraction of sp³-hybridized carbons (Fsp3) is 0.538. The number of aryl methyl sites for hydroxylation is 1. The molecule has 0 heterocycles. The van der Waals surface area contributed by atoms with Crippen molar-refractivity contribution < 1.29 is 22.8 Å². The van der Waals surface area contributed by atoms with Crippen molar-refractivity contribution in [3.05, 3.63) is 33.9 Å². The van der Waals surface area contributed by atoms with Crippen LogP contribution in [0.4, 0.5) is 5.69 Å². The van der Waals surface area contributed by atoms with E-state index in [1.807, 2.05) is 6.92 Å². The Balaban J connectivity index is 2.62. The molecule has 0 radical (unpaired) electrons. The number of nitrogens with zero attached hydrogens (tertiary/aromatic N) is 1. The molecule has 0 bridgehead atoms. The van der Waals surface area contributed by atoms with Gasteiger partial charge in [-0.25, -0.2) is 13.1 Å². The highest BCUT2D eigenvalue weighted by molar-refractivity contribution is 7.89. The van der Waals surface area contributed by atoms with Crippen molar-refractivity contribution >= 4 is 15.7 Å². The molecule has 0 aliphatic rings. The molecular formula is C13H20N2O6S. The van der Waals surface area contributed by atoms with Gasteiger partial charge in [0.1, 0.15) is 0 Å². The van der Waals surface area contributed by atoms with Crippen LogP contribution in [0.2, 0.25) is 0 Å². The van der Waals surface area contributed by atoms with Crippen LogP contribution < -0.4 is 4.72 Å². The Morgan fingerprint density at radius 3 is 2.55 bits per heavy atom. The van der Waals surface area contributed by atoms with Gasteiger partial charge in [-0.3, -0.25) is 10.1 Å². The van der Waals surface area contributed by atoms with Gasteiger partial charge in [-0.2, -0.15) is 0 Å². The van der Waals surface area contributed by atoms with E-state index in [1.165, 1.54) is 18.2 Å². The largest absolute Gasteiger partial charge is 0.379 e. The first-order valence-corrected chi connectivity index (χ1v) is 8.27. The van der Waals surface area contributed by atoms with Crippen LogP contribution >= 0.6 is 0 Å². The molecule has 22 heavy (non-hydrogen) atoms. The smallest absolute Gasteiger partial charge is 0.289 e. The normalized spacial score (nSPS) is 11.5. The molecule has 124 valence electrons. The third-order valence-electron chi connectivity index (χ3n) is 2.72. The average Bonchev–Trinajstić information content (AvgIpc) is 2.45. The average molecular weight is 332 g/mol. The summed E-state index contributed by atoms with van der Waals surface area (Å²) >= 11 is 0. The highest BCUT2D eigenvalue weighted by Crippen LogP contribution is 2.24. The summed E-state index contributed by atoms with van der Waals surface area (Å²) in [5, 5.41) is 11.0. The van der Waals surface area contributed by atoms with E-state index in [9.17, 15) is 18.5 Å². The third-order valence-corrected chi connectivity index (χ3v) is 4.22. The summed E-state index contributed by atoms with van der Waals surface area (Å²) in [6.45, 7) is 5.09. The molecule has 0 unspecified atom stereocenters. The molecule has 0 saturated carbocycles. The van der Waals surface area contributed by atoms with Gasteiger partial charge in [-0.05, 0) is 25.5 Å². The van der Waals surface area contributed by atoms with E-state index in [0.29, 0.717) is 25.4 Å². The maximum Gasteiger partial charge on any atom is 0.289 e. The number of nitrogens with one attached hydrogen (secondary N) is 1. The van der Waals surface area contributed by atoms with Crippen LogP contribution in [0, 0.1) is 17.0 Å². The SMILES string of the molecule is CCOCCOCCNS(=O)(=O)c1ccc(C)cc1[N+](=O)[O-]. The van der Waals surface area contributed by atoms with Gasteiger partial charge in [0.15, 0.2) is 4.90 Å². The lowest BCUT2D eigenvalue weighted by molar-refractivity contribution is -0.387. The van der Waals surface area contributed by atoms with Crippen molar-refractivity contribution in [2.75, 3.05) is 33.0 Å². The van der Waals surface area contributed by atoms with Crippen molar-refractivity contribution in [2.24, 2.45) is 0 Å². The zero-order valence-corrected chi connectivity index (χ0v) is 13.4. The number of ether oxygens (including phenoxy) is 2. The summed E-state index contributed by atoms with van der Waals surface area (Å²) < 4.78 is 36.7. The van der Waals surface area contributed by atoms with Gasteiger partial charge >= 0.3 is 0 Å². The molecule has 1 N–H and O–H groups in total. The molecule has 1 aromatic rings. The van der Waals surface area contributed by atoms with Gasteiger partial charge in [0.2, 0.25) is 10.0 Å². The number of hydrogen-bond acceptors (Lipinski definition) is 6. The van der Waals surface area contributed by atoms with E-state index in [0.717, 1.165) is 0 Å². The third kappa shape index (κ3) is 5.68. The quantitative estimate of drug-likeness (QED) is 0.392. The van der Waals surface area contributed by atoms with E-state index >= 15 is 0 Å². The van der Waals surface area contributed by atoms with Crippen LogP contribution in [0.15, 0.2) is 23.1 Å². The summed E-state index contributed by atoms with van der Waals surface area (Å²) in [6.07, 6.45) is 0. The zero-order valence-electron chi connectivity index (χ0n) is 12.6. The summed E-state index contributed by atoms with van der Waals surface area (Å²) in [5.41, 5.74) is 0.176. The van der Waals surface area contributed by atoms with Crippen LogP contribution in [0.1, 0.15) is 12.5 Å². The minimum Gasteiger partial charge on any atom is -0.379 e. The number of nitro benzene ring substituents is 1. The Kier molecular flexibility index (Phi) is 7.39. The summed E-state index contributed by atoms with van der Waals surface area (Å²) in [6, 6.07) is 3.97. The minimum atomic E-state index is -3.95. The first-order chi connectivity index (χ1) is 10.4. The van der Waals surface area contributed by atoms with Crippen molar-refractivity contribution in [3.8, 4) is 0 Å². The predicted molar refractivity (Wildman–Crippen MR) is 80.3 cm³/mol. The van der Waals surface area contributed by atoms with Gasteiger partial charge in [0, 0.05) is 19.2 Å². The second-order valence-corrected chi connectivity index (χ2v) is 6.17. The Hall–Kier alpha value is -1.55. The van der Waals surface area contributed by atoms with Crippen LogP contribution in [0.25, 0.3) is 0 Å². The Morgan fingerprint density at radius 2 is 1.91 bits per heavy atom. The van der Waals surface area contributed by atoms with Crippen molar-refractivity contribution in [3.63, 3.8) is 0 Å². The Labute approximate surface area is 129 Å². The topological polar surface area (TPSA) is 108 Å². The maximum atomic E-state index is 12.1. The molecule has 0 spiro atoms. The Bertz CT molecular complexity index is 603. The number of benzene rings is 1. The highest BCUT2D eigenvalue weighted by Gasteiger charge is 2.25. The van der Waals surface area contributed by atoms with E-state index in [4.69, 9.17) is 9.47 Å². The lowest BCUT2D eigenvalue weighted by atomic mass is 10.2. The molecule has 9 heteroatoms. The lowest BCUT2D eigenvalue weighted by Gasteiger charge is -2.08. The summed E-state index contributed by atoms with van der Waals surface area (Å²) in [5.74, 6) is 0. The number of sulfonamides is 1. The molecule has 1 rings (SSSR count). The molecule has 1 aromatic carbocycles. The predicted octanol–water partition coefficient (Wildman–Crippen LogP) is 1.23. The molecular weight excluding hydrogens is 312 g/mol. The molecule has 0 aliphatic heterocycles. The second-order valence-electron chi connectivity index (χ2n) is 4.44. The molecule has 0 aliphatic carbocycles. The summed E-state index contributed by atoms with van der Waals surface area (Å²) in [7, 11) is -3.95. The molecule has 0 aromatic heterocycles. The molecule has 0 saturated heterocycles. The van der Waals surface area contributed by atoms with Gasteiger partial charge in [-0.1, -0.05) is 6.07 Å². The van der Waals surface area contributed by atoms with Gasteiger partial charge < -0.3 is 9.47 Å². The van der Waals surface area contributed by atoms with E-state index < -0.39 is 20.6 Å². The molecule has 0 fully saturated rings. The maximum absolute atomic E-state index is 12.1. The monoisotopic (exact) mass is 332 g/mol. The standard InChI is InChI=1S/C13H20N2O6S/c1-3-20-8-9-21-7-6-14-22(18,19)13-5-4-11(2)10-12(13)15(16)17/h4-5,10,14H,3,6-9H2,1-2H3. The number of nitro groups is 1. The molecule has 8 nitrogen and oxygen atoms in total. The fourth-order valence-electron chi connectivity index (χ4n) is 1.69. The minimum absolute atomic E-state index is 0.0273. The van der Waals surface area contributed by atoms with E-state index in [1.54, 1.807) is 6.92 Å². The lowest BCUT2D eigenvalue weighted by Crippen LogP contribution is -2.28.